The second kappa shape index (κ2) is 5.73. The topological polar surface area (TPSA) is 12.0 Å². The first-order chi connectivity index (χ1) is 8.28. The van der Waals surface area contributed by atoms with Gasteiger partial charge in [-0.3, -0.25) is 0 Å². The van der Waals surface area contributed by atoms with Gasteiger partial charge in [-0.15, -0.1) is 11.8 Å². The minimum atomic E-state index is -0.208. The summed E-state index contributed by atoms with van der Waals surface area (Å²) in [6, 6.07) is 14.8. The van der Waals surface area contributed by atoms with Crippen molar-refractivity contribution in [2.75, 3.05) is 11.6 Å². The van der Waals surface area contributed by atoms with Crippen molar-refractivity contribution >= 4 is 17.4 Å². The highest BCUT2D eigenvalue weighted by atomic mass is 32.2. The van der Waals surface area contributed by atoms with Gasteiger partial charge in [0.05, 0.1) is 0 Å². The Balaban J connectivity index is 1.95. The number of rotatable bonds is 4. The molecule has 0 aromatic heterocycles. The fourth-order valence-electron chi connectivity index (χ4n) is 1.52. The van der Waals surface area contributed by atoms with E-state index in [1.165, 1.54) is 22.6 Å². The van der Waals surface area contributed by atoms with Gasteiger partial charge in [-0.25, -0.2) is 4.39 Å². The Bertz CT molecular complexity index is 465. The fraction of sp³-hybridized carbons (Fsp3) is 0.143. The van der Waals surface area contributed by atoms with Crippen molar-refractivity contribution in [2.24, 2.45) is 0 Å². The molecule has 0 aliphatic rings. The summed E-state index contributed by atoms with van der Waals surface area (Å²) in [5.74, 6) is -0.208. The molecular formula is C14H14FNS. The van der Waals surface area contributed by atoms with Crippen LogP contribution in [0.5, 0.6) is 0 Å². The molecule has 0 atom stereocenters. The lowest BCUT2D eigenvalue weighted by Crippen LogP contribution is -1.98. The van der Waals surface area contributed by atoms with Gasteiger partial charge in [-0.05, 0) is 48.2 Å². The van der Waals surface area contributed by atoms with Crippen molar-refractivity contribution in [2.45, 2.75) is 11.4 Å². The molecule has 0 saturated heterocycles. The highest BCUT2D eigenvalue weighted by Crippen LogP contribution is 2.16. The molecule has 2 aromatic rings. The summed E-state index contributed by atoms with van der Waals surface area (Å²) in [4.78, 5) is 1.26. The Kier molecular flexibility index (Phi) is 4.04. The second-order valence-corrected chi connectivity index (χ2v) is 4.59. The van der Waals surface area contributed by atoms with E-state index in [0.717, 1.165) is 12.2 Å². The van der Waals surface area contributed by atoms with Gasteiger partial charge < -0.3 is 5.32 Å². The van der Waals surface area contributed by atoms with Crippen molar-refractivity contribution in [3.63, 3.8) is 0 Å². The van der Waals surface area contributed by atoms with E-state index >= 15 is 0 Å². The lowest BCUT2D eigenvalue weighted by atomic mass is 10.2. The van der Waals surface area contributed by atoms with Crippen LogP contribution in [0.2, 0.25) is 0 Å². The van der Waals surface area contributed by atoms with Crippen LogP contribution in [0, 0.1) is 5.82 Å². The molecule has 88 valence electrons. The third-order valence-electron chi connectivity index (χ3n) is 2.50. The van der Waals surface area contributed by atoms with E-state index in [-0.39, 0.29) is 5.82 Å². The van der Waals surface area contributed by atoms with Crippen LogP contribution in [0.25, 0.3) is 0 Å². The molecule has 2 aromatic carbocycles. The molecule has 0 saturated carbocycles. The Morgan fingerprint density at radius 3 is 2.24 bits per heavy atom. The van der Waals surface area contributed by atoms with Crippen molar-refractivity contribution in [1.82, 2.24) is 0 Å². The zero-order valence-corrected chi connectivity index (χ0v) is 10.4. The smallest absolute Gasteiger partial charge is 0.123 e. The molecule has 0 spiro atoms. The van der Waals surface area contributed by atoms with Crippen LogP contribution in [0.4, 0.5) is 10.1 Å². The molecule has 3 heteroatoms. The van der Waals surface area contributed by atoms with Crippen molar-refractivity contribution in [3.05, 3.63) is 59.9 Å². The SMILES string of the molecule is CSc1ccc(CNc2ccc(F)cc2)cc1. The van der Waals surface area contributed by atoms with Gasteiger partial charge in [0.15, 0.2) is 0 Å². The Morgan fingerprint density at radius 2 is 1.65 bits per heavy atom. The van der Waals surface area contributed by atoms with E-state index in [9.17, 15) is 4.39 Å². The van der Waals surface area contributed by atoms with E-state index in [1.807, 2.05) is 0 Å². The summed E-state index contributed by atoms with van der Waals surface area (Å²) in [7, 11) is 0. The monoisotopic (exact) mass is 247 g/mol. The number of hydrogen-bond donors (Lipinski definition) is 1. The number of benzene rings is 2. The molecule has 0 bridgehead atoms. The van der Waals surface area contributed by atoms with Gasteiger partial charge in [-0.1, -0.05) is 12.1 Å². The van der Waals surface area contributed by atoms with Crippen LogP contribution in [-0.4, -0.2) is 6.26 Å². The average Bonchev–Trinajstić information content (AvgIpc) is 2.39. The van der Waals surface area contributed by atoms with Gasteiger partial charge in [0, 0.05) is 17.1 Å². The maximum Gasteiger partial charge on any atom is 0.123 e. The van der Waals surface area contributed by atoms with Gasteiger partial charge >= 0.3 is 0 Å². The highest BCUT2D eigenvalue weighted by molar-refractivity contribution is 7.98. The molecule has 1 N–H and O–H groups in total. The molecule has 0 heterocycles. The quantitative estimate of drug-likeness (QED) is 0.814. The van der Waals surface area contributed by atoms with Crippen LogP contribution in [0.15, 0.2) is 53.4 Å². The fourth-order valence-corrected chi connectivity index (χ4v) is 1.92. The third kappa shape index (κ3) is 3.49. The Morgan fingerprint density at radius 1 is 1.00 bits per heavy atom. The molecule has 0 radical (unpaired) electrons. The van der Waals surface area contributed by atoms with Gasteiger partial charge in [0.2, 0.25) is 0 Å². The van der Waals surface area contributed by atoms with Crippen molar-refractivity contribution < 1.29 is 4.39 Å². The summed E-state index contributed by atoms with van der Waals surface area (Å²) >= 11 is 1.73. The van der Waals surface area contributed by atoms with Gasteiger partial charge in [0.25, 0.3) is 0 Å². The van der Waals surface area contributed by atoms with E-state index in [4.69, 9.17) is 0 Å². The maximum absolute atomic E-state index is 12.7. The minimum absolute atomic E-state index is 0.208. The van der Waals surface area contributed by atoms with Crippen LogP contribution in [0.3, 0.4) is 0 Å². The average molecular weight is 247 g/mol. The number of anilines is 1. The lowest BCUT2D eigenvalue weighted by Gasteiger charge is -2.06. The first kappa shape index (κ1) is 12.0. The first-order valence-electron chi connectivity index (χ1n) is 5.40. The molecule has 1 nitrogen and oxygen atoms in total. The summed E-state index contributed by atoms with van der Waals surface area (Å²) in [5.41, 5.74) is 2.15. The standard InChI is InChI=1S/C14H14FNS/c1-17-14-8-2-11(3-9-14)10-16-13-6-4-12(15)5-7-13/h2-9,16H,10H2,1H3. The number of thioether (sulfide) groups is 1. The largest absolute Gasteiger partial charge is 0.381 e. The zero-order chi connectivity index (χ0) is 12.1. The summed E-state index contributed by atoms with van der Waals surface area (Å²) < 4.78 is 12.7. The van der Waals surface area contributed by atoms with E-state index in [0.29, 0.717) is 0 Å². The Labute approximate surface area is 105 Å². The van der Waals surface area contributed by atoms with Crippen molar-refractivity contribution in [3.8, 4) is 0 Å². The third-order valence-corrected chi connectivity index (χ3v) is 3.24. The van der Waals surface area contributed by atoms with E-state index in [1.54, 1.807) is 23.9 Å². The number of nitrogens with one attached hydrogen (secondary N) is 1. The van der Waals surface area contributed by atoms with E-state index in [2.05, 4.69) is 35.8 Å². The molecule has 0 fully saturated rings. The predicted octanol–water partition coefficient (Wildman–Crippen LogP) is 4.16. The maximum atomic E-state index is 12.7. The summed E-state index contributed by atoms with van der Waals surface area (Å²) in [6.45, 7) is 0.750. The molecular weight excluding hydrogens is 233 g/mol. The Hall–Kier alpha value is -1.48. The predicted molar refractivity (Wildman–Crippen MR) is 71.9 cm³/mol. The molecule has 0 amide bonds. The molecule has 2 rings (SSSR count). The molecule has 17 heavy (non-hydrogen) atoms. The van der Waals surface area contributed by atoms with Gasteiger partial charge in [-0.2, -0.15) is 0 Å². The number of halogens is 1. The molecule has 0 unspecified atom stereocenters. The molecule has 0 aliphatic heterocycles. The minimum Gasteiger partial charge on any atom is -0.381 e. The van der Waals surface area contributed by atoms with Crippen LogP contribution in [-0.2, 0) is 6.54 Å². The van der Waals surface area contributed by atoms with Crippen molar-refractivity contribution in [1.29, 1.82) is 0 Å². The van der Waals surface area contributed by atoms with Crippen LogP contribution < -0.4 is 5.32 Å². The second-order valence-electron chi connectivity index (χ2n) is 3.71. The van der Waals surface area contributed by atoms with Crippen LogP contribution >= 0.6 is 11.8 Å². The molecule has 0 aliphatic carbocycles. The number of hydrogen-bond acceptors (Lipinski definition) is 2. The lowest BCUT2D eigenvalue weighted by molar-refractivity contribution is 0.628. The summed E-state index contributed by atoms with van der Waals surface area (Å²) in [6.07, 6.45) is 2.06. The zero-order valence-electron chi connectivity index (χ0n) is 9.61. The van der Waals surface area contributed by atoms with Crippen LogP contribution in [0.1, 0.15) is 5.56 Å². The highest BCUT2D eigenvalue weighted by Gasteiger charge is 1.95. The van der Waals surface area contributed by atoms with Gasteiger partial charge in [0.1, 0.15) is 5.82 Å². The normalized spacial score (nSPS) is 10.2. The first-order valence-corrected chi connectivity index (χ1v) is 6.63. The summed E-state index contributed by atoms with van der Waals surface area (Å²) in [5, 5.41) is 3.25. The van der Waals surface area contributed by atoms with E-state index < -0.39 is 0 Å².